The number of rotatable bonds is 6. The van der Waals surface area contributed by atoms with Crippen molar-refractivity contribution in [2.45, 2.75) is 6.42 Å². The van der Waals surface area contributed by atoms with Gasteiger partial charge in [-0.3, -0.25) is 4.79 Å². The number of hydrogen-bond acceptors (Lipinski definition) is 6. The first kappa shape index (κ1) is 21.9. The van der Waals surface area contributed by atoms with Gasteiger partial charge >= 0.3 is 0 Å². The number of benzene rings is 1. The summed E-state index contributed by atoms with van der Waals surface area (Å²) in [6, 6.07) is 17.3. The predicted octanol–water partition coefficient (Wildman–Crippen LogP) is 4.04. The van der Waals surface area contributed by atoms with Crippen molar-refractivity contribution >= 4 is 28.4 Å². The van der Waals surface area contributed by atoms with Crippen molar-refractivity contribution in [3.8, 4) is 5.75 Å². The Labute approximate surface area is 197 Å². The fraction of sp³-hybridized carbons (Fsp3) is 0.269. The number of amides is 1. The summed E-state index contributed by atoms with van der Waals surface area (Å²) in [6.45, 7) is 2.23. The third kappa shape index (κ3) is 4.87. The molecular formula is C26H27N5O3. The van der Waals surface area contributed by atoms with E-state index < -0.39 is 0 Å². The van der Waals surface area contributed by atoms with Crippen LogP contribution in [0.3, 0.4) is 0 Å². The summed E-state index contributed by atoms with van der Waals surface area (Å²) < 4.78 is 11.1. The molecule has 34 heavy (non-hydrogen) atoms. The van der Waals surface area contributed by atoms with Crippen LogP contribution in [0.25, 0.3) is 11.0 Å². The molecular weight excluding hydrogens is 430 g/mol. The molecule has 3 aromatic heterocycles. The number of nitrogens with zero attached hydrogens (tertiary/aromatic N) is 3. The number of carbonyl (C=O) groups excluding carboxylic acids is 1. The van der Waals surface area contributed by atoms with Gasteiger partial charge in [0.1, 0.15) is 17.2 Å². The van der Waals surface area contributed by atoms with Crippen LogP contribution in [0.5, 0.6) is 5.75 Å². The van der Waals surface area contributed by atoms with E-state index in [1.165, 1.54) is 0 Å². The zero-order valence-corrected chi connectivity index (χ0v) is 19.0. The number of H-pyrrole nitrogens is 1. The fourth-order valence-electron chi connectivity index (χ4n) is 4.25. The van der Waals surface area contributed by atoms with Crippen LogP contribution < -0.4 is 10.1 Å². The van der Waals surface area contributed by atoms with Gasteiger partial charge in [-0.25, -0.2) is 9.97 Å². The Hall–Kier alpha value is -3.91. The van der Waals surface area contributed by atoms with Gasteiger partial charge in [-0.1, -0.05) is 6.07 Å². The number of hydrogen-bond donors (Lipinski definition) is 2. The Balaban J connectivity index is 1.33. The molecule has 8 nitrogen and oxygen atoms in total. The molecule has 0 radical (unpaired) electrons. The zero-order chi connectivity index (χ0) is 23.3. The number of ether oxygens (including phenoxy) is 2. The van der Waals surface area contributed by atoms with Crippen molar-refractivity contribution in [2.75, 3.05) is 38.7 Å². The highest BCUT2D eigenvalue weighted by atomic mass is 16.5. The summed E-state index contributed by atoms with van der Waals surface area (Å²) in [7, 11) is 1.62. The van der Waals surface area contributed by atoms with Gasteiger partial charge in [-0.15, -0.1) is 0 Å². The summed E-state index contributed by atoms with van der Waals surface area (Å²) in [6.07, 6.45) is 4.30. The first-order valence-corrected chi connectivity index (χ1v) is 11.4. The minimum absolute atomic E-state index is 0.0678. The van der Waals surface area contributed by atoms with Gasteiger partial charge in [0.05, 0.1) is 25.9 Å². The number of methoxy groups -OCH3 is 1. The quantitative estimate of drug-likeness (QED) is 0.454. The molecule has 0 saturated carbocycles. The summed E-state index contributed by atoms with van der Waals surface area (Å²) in [5.41, 5.74) is 3.19. The average Bonchev–Trinajstić information content (AvgIpc) is 3.21. The first-order valence-electron chi connectivity index (χ1n) is 11.4. The summed E-state index contributed by atoms with van der Waals surface area (Å²) in [5.74, 6) is 1.33. The van der Waals surface area contributed by atoms with E-state index in [0.717, 1.165) is 34.6 Å². The molecule has 0 bridgehead atoms. The number of anilines is 2. The van der Waals surface area contributed by atoms with Crippen LogP contribution >= 0.6 is 0 Å². The molecule has 1 aliphatic rings. The SMILES string of the molecule is COc1cccc(Nc2ncccc2C(=O)N2CCOC[C@H](Cc3ccc4cc[nH]c4n3)C2)c1. The second kappa shape index (κ2) is 9.93. The second-order valence-electron chi connectivity index (χ2n) is 8.37. The molecule has 1 atom stereocenters. The normalized spacial score (nSPS) is 16.3. The summed E-state index contributed by atoms with van der Waals surface area (Å²) in [5, 5.41) is 4.35. The van der Waals surface area contributed by atoms with Crippen molar-refractivity contribution in [3.05, 3.63) is 78.2 Å². The molecule has 0 unspecified atom stereocenters. The maximum atomic E-state index is 13.6. The topological polar surface area (TPSA) is 92.4 Å². The molecule has 4 aromatic rings. The maximum Gasteiger partial charge on any atom is 0.257 e. The predicted molar refractivity (Wildman–Crippen MR) is 131 cm³/mol. The first-order chi connectivity index (χ1) is 16.7. The summed E-state index contributed by atoms with van der Waals surface area (Å²) >= 11 is 0. The fourth-order valence-corrected chi connectivity index (χ4v) is 4.25. The van der Waals surface area contributed by atoms with E-state index >= 15 is 0 Å². The van der Waals surface area contributed by atoms with Gasteiger partial charge in [0, 0.05) is 54.2 Å². The van der Waals surface area contributed by atoms with E-state index in [9.17, 15) is 4.79 Å². The molecule has 1 amide bonds. The van der Waals surface area contributed by atoms with Crippen molar-refractivity contribution in [2.24, 2.45) is 5.92 Å². The monoisotopic (exact) mass is 457 g/mol. The molecule has 1 aromatic carbocycles. The van der Waals surface area contributed by atoms with Crippen molar-refractivity contribution in [1.82, 2.24) is 19.9 Å². The van der Waals surface area contributed by atoms with Crippen LogP contribution in [-0.4, -0.2) is 59.2 Å². The Morgan fingerprint density at radius 1 is 1.24 bits per heavy atom. The van der Waals surface area contributed by atoms with E-state index in [4.69, 9.17) is 14.5 Å². The number of carbonyl (C=O) groups is 1. The minimum atomic E-state index is -0.0678. The number of aromatic amines is 1. The lowest BCUT2D eigenvalue weighted by molar-refractivity contribution is 0.0738. The van der Waals surface area contributed by atoms with E-state index in [2.05, 4.69) is 21.4 Å². The van der Waals surface area contributed by atoms with Gasteiger partial charge in [-0.2, -0.15) is 0 Å². The van der Waals surface area contributed by atoms with Crippen LogP contribution in [-0.2, 0) is 11.2 Å². The average molecular weight is 458 g/mol. The van der Waals surface area contributed by atoms with Crippen LogP contribution in [0, 0.1) is 5.92 Å². The van der Waals surface area contributed by atoms with Crippen LogP contribution in [0.2, 0.25) is 0 Å². The lowest BCUT2D eigenvalue weighted by Crippen LogP contribution is -2.36. The third-order valence-corrected chi connectivity index (χ3v) is 5.96. The van der Waals surface area contributed by atoms with Gasteiger partial charge < -0.3 is 24.7 Å². The van der Waals surface area contributed by atoms with Gasteiger partial charge in [0.2, 0.25) is 0 Å². The molecule has 1 fully saturated rings. The zero-order valence-electron chi connectivity index (χ0n) is 19.0. The Kier molecular flexibility index (Phi) is 6.40. The molecule has 174 valence electrons. The largest absolute Gasteiger partial charge is 0.497 e. The highest BCUT2D eigenvalue weighted by Crippen LogP contribution is 2.24. The van der Waals surface area contributed by atoms with E-state index in [-0.39, 0.29) is 11.8 Å². The molecule has 0 spiro atoms. The van der Waals surface area contributed by atoms with Crippen molar-refractivity contribution in [1.29, 1.82) is 0 Å². The number of fused-ring (bicyclic) bond motifs is 1. The van der Waals surface area contributed by atoms with E-state index in [1.807, 2.05) is 47.5 Å². The molecule has 0 aliphatic carbocycles. The molecule has 1 aliphatic heterocycles. The highest BCUT2D eigenvalue weighted by molar-refractivity contribution is 5.99. The molecule has 4 heterocycles. The number of pyridine rings is 2. The minimum Gasteiger partial charge on any atom is -0.497 e. The Bertz CT molecular complexity index is 1290. The van der Waals surface area contributed by atoms with Crippen molar-refractivity contribution in [3.63, 3.8) is 0 Å². The number of nitrogens with one attached hydrogen (secondary N) is 2. The van der Waals surface area contributed by atoms with Gasteiger partial charge in [0.25, 0.3) is 5.91 Å². The molecule has 2 N–H and O–H groups in total. The smallest absolute Gasteiger partial charge is 0.257 e. The highest BCUT2D eigenvalue weighted by Gasteiger charge is 2.26. The van der Waals surface area contributed by atoms with E-state index in [0.29, 0.717) is 37.7 Å². The van der Waals surface area contributed by atoms with Crippen LogP contribution in [0.4, 0.5) is 11.5 Å². The lowest BCUT2D eigenvalue weighted by atomic mass is 10.0. The van der Waals surface area contributed by atoms with Crippen LogP contribution in [0.15, 0.2) is 67.0 Å². The molecule has 1 saturated heterocycles. The third-order valence-electron chi connectivity index (χ3n) is 5.96. The molecule has 8 heteroatoms. The molecule has 5 rings (SSSR count). The Morgan fingerprint density at radius 3 is 3.09 bits per heavy atom. The second-order valence-corrected chi connectivity index (χ2v) is 8.37. The van der Waals surface area contributed by atoms with Gasteiger partial charge in [0.15, 0.2) is 0 Å². The lowest BCUT2D eigenvalue weighted by Gasteiger charge is -2.24. The Morgan fingerprint density at radius 2 is 2.18 bits per heavy atom. The van der Waals surface area contributed by atoms with Gasteiger partial charge in [-0.05, 0) is 48.9 Å². The van der Waals surface area contributed by atoms with E-state index in [1.54, 1.807) is 25.4 Å². The van der Waals surface area contributed by atoms with Crippen LogP contribution in [0.1, 0.15) is 16.1 Å². The number of aromatic nitrogens is 3. The maximum absolute atomic E-state index is 13.6. The van der Waals surface area contributed by atoms with Crippen molar-refractivity contribution < 1.29 is 14.3 Å². The standard InChI is InChI=1S/C26H27N5O3/c1-33-22-5-2-4-20(15-22)30-25-23(6-3-10-27-25)26(32)31-12-13-34-17-18(16-31)14-21-8-7-19-9-11-28-24(19)29-21/h2-11,15,18H,12-14,16-17H2,1H3,(H,27,30)(H,28,29)/t18-/m1/s1. The summed E-state index contributed by atoms with van der Waals surface area (Å²) in [4.78, 5) is 27.7.